The summed E-state index contributed by atoms with van der Waals surface area (Å²) in [6.45, 7) is 5.22. The number of halogens is 1. The van der Waals surface area contributed by atoms with Crippen molar-refractivity contribution in [1.82, 2.24) is 0 Å². The fourth-order valence-corrected chi connectivity index (χ4v) is 2.39. The van der Waals surface area contributed by atoms with Crippen LogP contribution in [0.15, 0.2) is 18.2 Å². The summed E-state index contributed by atoms with van der Waals surface area (Å²) in [6.07, 6.45) is 1.95. The predicted molar refractivity (Wildman–Crippen MR) is 75.9 cm³/mol. The average molecular weight is 269 g/mol. The summed E-state index contributed by atoms with van der Waals surface area (Å²) in [6, 6.07) is 5.26. The first kappa shape index (κ1) is 15.9. The molecule has 0 saturated carbocycles. The Labute approximate surface area is 115 Å². The monoisotopic (exact) mass is 269 g/mol. The minimum Gasteiger partial charge on any atom is -0.391 e. The molecule has 0 unspecified atom stereocenters. The lowest BCUT2D eigenvalue weighted by Crippen LogP contribution is -2.37. The van der Waals surface area contributed by atoms with Crippen LogP contribution >= 0.6 is 0 Å². The fourth-order valence-electron chi connectivity index (χ4n) is 2.39. The Morgan fingerprint density at radius 3 is 2.53 bits per heavy atom. The smallest absolute Gasteiger partial charge is 0.130 e. The topological polar surface area (TPSA) is 32.7 Å². The summed E-state index contributed by atoms with van der Waals surface area (Å²) in [5, 5.41) is 9.40. The van der Waals surface area contributed by atoms with Gasteiger partial charge in [-0.2, -0.15) is 0 Å². The van der Waals surface area contributed by atoms with Gasteiger partial charge in [0.25, 0.3) is 0 Å². The van der Waals surface area contributed by atoms with E-state index in [1.807, 2.05) is 6.07 Å². The van der Waals surface area contributed by atoms with Gasteiger partial charge < -0.3 is 14.7 Å². The van der Waals surface area contributed by atoms with Gasteiger partial charge in [-0.3, -0.25) is 0 Å². The Bertz CT molecular complexity index is 380. The molecule has 0 atom stereocenters. The molecule has 0 aromatic heterocycles. The van der Waals surface area contributed by atoms with E-state index in [0.29, 0.717) is 24.8 Å². The van der Waals surface area contributed by atoms with Crippen molar-refractivity contribution >= 4 is 5.69 Å². The van der Waals surface area contributed by atoms with E-state index in [2.05, 4.69) is 18.7 Å². The number of rotatable bonds is 8. The zero-order chi connectivity index (χ0) is 14.3. The molecular weight excluding hydrogens is 245 g/mol. The number of benzene rings is 1. The van der Waals surface area contributed by atoms with Gasteiger partial charge in [-0.05, 0) is 25.0 Å². The van der Waals surface area contributed by atoms with Crippen LogP contribution in [0.3, 0.4) is 0 Å². The summed E-state index contributed by atoms with van der Waals surface area (Å²) in [4.78, 5) is 2.14. The van der Waals surface area contributed by atoms with E-state index >= 15 is 0 Å². The Hall–Kier alpha value is -1.13. The quantitative estimate of drug-likeness (QED) is 0.787. The summed E-state index contributed by atoms with van der Waals surface area (Å²) in [7, 11) is 1.66. The van der Waals surface area contributed by atoms with Crippen molar-refractivity contribution in [2.24, 2.45) is 0 Å². The van der Waals surface area contributed by atoms with Crippen LogP contribution in [0.25, 0.3) is 0 Å². The molecule has 0 fully saturated rings. The molecule has 0 aliphatic carbocycles. The second kappa shape index (κ2) is 8.12. The molecule has 0 spiro atoms. The first-order valence-corrected chi connectivity index (χ1v) is 6.83. The van der Waals surface area contributed by atoms with E-state index in [9.17, 15) is 9.50 Å². The van der Waals surface area contributed by atoms with Crippen LogP contribution in [0.1, 0.15) is 32.3 Å². The fraction of sp³-hybridized carbons (Fsp3) is 0.600. The number of methoxy groups -OCH3 is 1. The van der Waals surface area contributed by atoms with Gasteiger partial charge in [-0.25, -0.2) is 4.39 Å². The third-order valence-corrected chi connectivity index (χ3v) is 3.48. The summed E-state index contributed by atoms with van der Waals surface area (Å²) >= 11 is 0. The van der Waals surface area contributed by atoms with Crippen molar-refractivity contribution in [3.8, 4) is 0 Å². The Kier molecular flexibility index (Phi) is 6.81. The highest BCUT2D eigenvalue weighted by molar-refractivity contribution is 5.54. The molecule has 0 bridgehead atoms. The van der Waals surface area contributed by atoms with Crippen molar-refractivity contribution in [3.63, 3.8) is 0 Å². The van der Waals surface area contributed by atoms with Gasteiger partial charge in [0, 0.05) is 30.9 Å². The van der Waals surface area contributed by atoms with Crippen LogP contribution in [0.2, 0.25) is 0 Å². The van der Waals surface area contributed by atoms with Gasteiger partial charge in [0.15, 0.2) is 0 Å². The summed E-state index contributed by atoms with van der Waals surface area (Å²) in [5.74, 6) is -0.353. The Morgan fingerprint density at radius 2 is 2.00 bits per heavy atom. The van der Waals surface area contributed by atoms with Crippen molar-refractivity contribution in [2.75, 3.05) is 25.2 Å². The number of aliphatic hydroxyl groups excluding tert-OH is 1. The second-order valence-corrected chi connectivity index (χ2v) is 4.55. The van der Waals surface area contributed by atoms with Crippen molar-refractivity contribution in [1.29, 1.82) is 0 Å². The van der Waals surface area contributed by atoms with Crippen LogP contribution in [0.5, 0.6) is 0 Å². The molecule has 108 valence electrons. The maximum Gasteiger partial charge on any atom is 0.130 e. The molecule has 3 nitrogen and oxygen atoms in total. The molecule has 0 radical (unpaired) electrons. The van der Waals surface area contributed by atoms with E-state index in [1.165, 1.54) is 6.07 Å². The van der Waals surface area contributed by atoms with Crippen LogP contribution < -0.4 is 4.90 Å². The molecule has 0 aliphatic rings. The molecule has 0 heterocycles. The van der Waals surface area contributed by atoms with Gasteiger partial charge in [-0.1, -0.05) is 19.9 Å². The van der Waals surface area contributed by atoms with Crippen LogP contribution in [-0.2, 0) is 11.3 Å². The van der Waals surface area contributed by atoms with Gasteiger partial charge in [0.05, 0.1) is 13.2 Å². The van der Waals surface area contributed by atoms with Gasteiger partial charge in [-0.15, -0.1) is 0 Å². The Balaban J connectivity index is 3.12. The Morgan fingerprint density at radius 1 is 1.32 bits per heavy atom. The van der Waals surface area contributed by atoms with Crippen LogP contribution in [0.4, 0.5) is 10.1 Å². The number of hydrogen-bond acceptors (Lipinski definition) is 3. The average Bonchev–Trinajstić information content (AvgIpc) is 2.43. The highest BCUT2D eigenvalue weighted by Crippen LogP contribution is 2.27. The second-order valence-electron chi connectivity index (χ2n) is 4.55. The first-order chi connectivity index (χ1) is 9.19. The lowest BCUT2D eigenvalue weighted by molar-refractivity contribution is 0.202. The molecule has 0 amide bonds. The van der Waals surface area contributed by atoms with E-state index < -0.39 is 0 Å². The summed E-state index contributed by atoms with van der Waals surface area (Å²) < 4.78 is 18.9. The zero-order valence-electron chi connectivity index (χ0n) is 12.0. The number of aliphatic hydroxyl groups is 1. The number of ether oxygens (including phenoxy) is 1. The van der Waals surface area contributed by atoms with Crippen molar-refractivity contribution < 1.29 is 14.2 Å². The molecular formula is C15H24FNO2. The van der Waals surface area contributed by atoms with Crippen molar-refractivity contribution in [2.45, 2.75) is 39.3 Å². The highest BCUT2D eigenvalue weighted by Gasteiger charge is 2.19. The van der Waals surface area contributed by atoms with Gasteiger partial charge in [0.1, 0.15) is 5.82 Å². The molecule has 0 saturated heterocycles. The zero-order valence-corrected chi connectivity index (χ0v) is 12.0. The number of nitrogens with zero attached hydrogens (tertiary/aromatic N) is 1. The molecule has 19 heavy (non-hydrogen) atoms. The van der Waals surface area contributed by atoms with E-state index in [0.717, 1.165) is 18.5 Å². The molecule has 1 aromatic rings. The van der Waals surface area contributed by atoms with Gasteiger partial charge in [0.2, 0.25) is 0 Å². The third kappa shape index (κ3) is 3.91. The van der Waals surface area contributed by atoms with E-state index in [1.54, 1.807) is 13.2 Å². The minimum absolute atomic E-state index is 0.286. The minimum atomic E-state index is -0.353. The third-order valence-electron chi connectivity index (χ3n) is 3.48. The molecule has 1 aromatic carbocycles. The standard InChI is InChI=1S/C15H24FNO2/c1-4-12(5-2)17(9-10-19-3)15-8-6-7-14(16)13(15)11-18/h6-8,12,18H,4-5,9-11H2,1-3H3. The van der Waals surface area contributed by atoms with E-state index in [-0.39, 0.29) is 12.4 Å². The number of anilines is 1. The largest absolute Gasteiger partial charge is 0.391 e. The SMILES string of the molecule is CCC(CC)N(CCOC)c1cccc(F)c1CO. The predicted octanol–water partition coefficient (Wildman–Crippen LogP) is 2.96. The lowest BCUT2D eigenvalue weighted by Gasteiger charge is -2.34. The molecule has 1 N–H and O–H groups in total. The van der Waals surface area contributed by atoms with Crippen LogP contribution in [-0.4, -0.2) is 31.4 Å². The van der Waals surface area contributed by atoms with Crippen molar-refractivity contribution in [3.05, 3.63) is 29.6 Å². The molecule has 1 rings (SSSR count). The first-order valence-electron chi connectivity index (χ1n) is 6.83. The van der Waals surface area contributed by atoms with Crippen LogP contribution in [0, 0.1) is 5.82 Å². The maximum atomic E-state index is 13.8. The van der Waals surface area contributed by atoms with E-state index in [4.69, 9.17) is 4.74 Å². The summed E-state index contributed by atoms with van der Waals surface area (Å²) in [5.41, 5.74) is 1.14. The molecule has 0 aliphatic heterocycles. The normalized spacial score (nSPS) is 11.1. The number of hydrogen-bond donors (Lipinski definition) is 1. The highest BCUT2D eigenvalue weighted by atomic mass is 19.1. The van der Waals surface area contributed by atoms with Gasteiger partial charge >= 0.3 is 0 Å². The maximum absolute atomic E-state index is 13.8. The molecule has 4 heteroatoms. The lowest BCUT2D eigenvalue weighted by atomic mass is 10.1.